The molecule has 0 fully saturated rings. The summed E-state index contributed by atoms with van der Waals surface area (Å²) >= 11 is 0. The normalized spacial score (nSPS) is 11.9. The Morgan fingerprint density at radius 1 is 1.09 bits per heavy atom. The fraction of sp³-hybridized carbons (Fsp3) is 0.259. The summed E-state index contributed by atoms with van der Waals surface area (Å²) in [6.45, 7) is 6.03. The SMILES string of the molecule is Cc1cccc(C)c1Nc1nc2ccc(CC(=O)CNc3ccc(C(C)CC(=O)O)nc3)cc2o1. The number of carbonyl (C=O) groups is 2. The van der Waals surface area contributed by atoms with Crippen molar-refractivity contribution in [3.63, 3.8) is 0 Å². The number of carboxylic acids is 1. The third-order valence-corrected chi connectivity index (χ3v) is 5.83. The monoisotopic (exact) mass is 472 g/mol. The van der Waals surface area contributed by atoms with E-state index >= 15 is 0 Å². The number of hydrogen-bond acceptors (Lipinski definition) is 7. The van der Waals surface area contributed by atoms with Crippen LogP contribution >= 0.6 is 0 Å². The van der Waals surface area contributed by atoms with Crippen LogP contribution in [0.2, 0.25) is 0 Å². The summed E-state index contributed by atoms with van der Waals surface area (Å²) in [6.07, 6.45) is 1.90. The molecule has 35 heavy (non-hydrogen) atoms. The highest BCUT2D eigenvalue weighted by Gasteiger charge is 2.13. The Hall–Kier alpha value is -4.20. The average Bonchev–Trinajstić information content (AvgIpc) is 3.22. The van der Waals surface area contributed by atoms with Crippen LogP contribution in [0.4, 0.5) is 17.4 Å². The van der Waals surface area contributed by atoms with Crippen LogP contribution in [0.25, 0.3) is 11.1 Å². The van der Waals surface area contributed by atoms with Gasteiger partial charge in [0.1, 0.15) is 5.52 Å². The second kappa shape index (κ2) is 10.4. The molecule has 0 saturated heterocycles. The van der Waals surface area contributed by atoms with Crippen molar-refractivity contribution in [2.24, 2.45) is 0 Å². The summed E-state index contributed by atoms with van der Waals surface area (Å²) in [5.41, 5.74) is 6.77. The second-order valence-corrected chi connectivity index (χ2v) is 8.75. The standard InChI is InChI=1S/C27H28N4O4/c1-16-5-4-6-17(2)26(16)31-27-30-23-9-7-19(13-24(23)35-27)12-21(32)15-28-20-8-10-22(29-14-20)18(3)11-25(33)34/h4-10,13-14,18,28H,11-12,15H2,1-3H3,(H,30,31)(H,33,34). The van der Waals surface area contributed by atoms with E-state index in [1.165, 1.54) is 0 Å². The molecule has 0 saturated carbocycles. The molecule has 1 atom stereocenters. The number of benzene rings is 2. The maximum absolute atomic E-state index is 12.5. The van der Waals surface area contributed by atoms with Crippen LogP contribution in [0.3, 0.4) is 0 Å². The lowest BCUT2D eigenvalue weighted by molar-refractivity contribution is -0.137. The van der Waals surface area contributed by atoms with Crippen LogP contribution < -0.4 is 10.6 Å². The van der Waals surface area contributed by atoms with Crippen LogP contribution in [-0.4, -0.2) is 33.4 Å². The molecule has 180 valence electrons. The molecule has 0 aliphatic heterocycles. The topological polar surface area (TPSA) is 117 Å². The van der Waals surface area contributed by atoms with Crippen molar-refractivity contribution >= 4 is 40.2 Å². The molecule has 0 bridgehead atoms. The number of aromatic nitrogens is 2. The Bertz CT molecular complexity index is 1340. The zero-order valence-corrected chi connectivity index (χ0v) is 20.0. The summed E-state index contributed by atoms with van der Waals surface area (Å²) in [5.74, 6) is -1.02. The molecule has 8 nitrogen and oxygen atoms in total. The Morgan fingerprint density at radius 2 is 1.86 bits per heavy atom. The van der Waals surface area contributed by atoms with Gasteiger partial charge in [0.15, 0.2) is 11.4 Å². The third kappa shape index (κ3) is 6.03. The molecule has 4 aromatic rings. The quantitative estimate of drug-likeness (QED) is 0.281. The molecule has 2 aromatic carbocycles. The molecule has 2 heterocycles. The first-order valence-corrected chi connectivity index (χ1v) is 11.4. The number of carbonyl (C=O) groups excluding carboxylic acids is 1. The van der Waals surface area contributed by atoms with Gasteiger partial charge in [-0.1, -0.05) is 31.2 Å². The van der Waals surface area contributed by atoms with Crippen LogP contribution in [0.5, 0.6) is 0 Å². The van der Waals surface area contributed by atoms with Gasteiger partial charge >= 0.3 is 5.97 Å². The molecule has 4 rings (SSSR count). The molecule has 8 heteroatoms. The van der Waals surface area contributed by atoms with Gasteiger partial charge in [-0.25, -0.2) is 0 Å². The number of aliphatic carboxylic acids is 1. The van der Waals surface area contributed by atoms with Crippen molar-refractivity contribution in [2.75, 3.05) is 17.2 Å². The van der Waals surface area contributed by atoms with Crippen molar-refractivity contribution < 1.29 is 19.1 Å². The molecule has 2 aromatic heterocycles. The van der Waals surface area contributed by atoms with Gasteiger partial charge in [-0.2, -0.15) is 4.98 Å². The van der Waals surface area contributed by atoms with Crippen molar-refractivity contribution in [3.8, 4) is 0 Å². The Balaban J connectivity index is 1.35. The number of carboxylic acid groups (broad SMARTS) is 1. The number of para-hydroxylation sites is 1. The van der Waals surface area contributed by atoms with E-state index in [2.05, 4.69) is 20.6 Å². The van der Waals surface area contributed by atoms with Crippen LogP contribution in [-0.2, 0) is 16.0 Å². The fourth-order valence-corrected chi connectivity index (χ4v) is 3.91. The van der Waals surface area contributed by atoms with Gasteiger partial charge in [0, 0.05) is 23.7 Å². The molecular weight excluding hydrogens is 444 g/mol. The largest absolute Gasteiger partial charge is 0.481 e. The summed E-state index contributed by atoms with van der Waals surface area (Å²) in [6, 6.07) is 15.6. The van der Waals surface area contributed by atoms with E-state index in [1.807, 2.05) is 57.2 Å². The van der Waals surface area contributed by atoms with E-state index in [0.29, 0.717) is 23.0 Å². The van der Waals surface area contributed by atoms with Crippen molar-refractivity contribution in [3.05, 3.63) is 77.1 Å². The first-order chi connectivity index (χ1) is 16.8. The van der Waals surface area contributed by atoms with Crippen LogP contribution in [0.15, 0.2) is 59.1 Å². The Morgan fingerprint density at radius 3 is 2.54 bits per heavy atom. The van der Waals surface area contributed by atoms with E-state index in [9.17, 15) is 9.59 Å². The lowest BCUT2D eigenvalue weighted by atomic mass is 10.0. The zero-order chi connectivity index (χ0) is 24.9. The van der Waals surface area contributed by atoms with E-state index in [4.69, 9.17) is 9.52 Å². The molecule has 3 N–H and O–H groups in total. The van der Waals surface area contributed by atoms with Gasteiger partial charge in [-0.05, 0) is 54.8 Å². The summed E-state index contributed by atoms with van der Waals surface area (Å²) < 4.78 is 5.89. The highest BCUT2D eigenvalue weighted by molar-refractivity contribution is 5.86. The van der Waals surface area contributed by atoms with E-state index in [-0.39, 0.29) is 31.1 Å². The number of anilines is 3. The van der Waals surface area contributed by atoms with Gasteiger partial charge in [0.25, 0.3) is 6.01 Å². The predicted octanol–water partition coefficient (Wildman–Crippen LogP) is 5.39. The van der Waals surface area contributed by atoms with E-state index < -0.39 is 5.97 Å². The molecule has 0 spiro atoms. The van der Waals surface area contributed by atoms with Gasteiger partial charge in [-0.15, -0.1) is 0 Å². The number of oxazole rings is 1. The number of rotatable bonds is 10. The maximum atomic E-state index is 12.5. The number of pyridine rings is 1. The summed E-state index contributed by atoms with van der Waals surface area (Å²) in [5, 5.41) is 15.3. The fourth-order valence-electron chi connectivity index (χ4n) is 3.91. The number of hydrogen-bond donors (Lipinski definition) is 3. The molecule has 0 aliphatic carbocycles. The summed E-state index contributed by atoms with van der Waals surface area (Å²) in [7, 11) is 0. The lowest BCUT2D eigenvalue weighted by Crippen LogP contribution is -2.16. The maximum Gasteiger partial charge on any atom is 0.304 e. The molecule has 1 unspecified atom stereocenters. The van der Waals surface area contributed by atoms with Gasteiger partial charge in [0.2, 0.25) is 0 Å². The highest BCUT2D eigenvalue weighted by atomic mass is 16.4. The Labute approximate surface area is 203 Å². The minimum atomic E-state index is -0.857. The molecule has 0 aliphatic rings. The van der Waals surface area contributed by atoms with E-state index in [0.717, 1.165) is 27.9 Å². The second-order valence-electron chi connectivity index (χ2n) is 8.75. The number of nitrogens with zero attached hydrogens (tertiary/aromatic N) is 2. The summed E-state index contributed by atoms with van der Waals surface area (Å²) in [4.78, 5) is 32.2. The minimum absolute atomic E-state index is 0.0149. The molecule has 0 radical (unpaired) electrons. The number of aryl methyl sites for hydroxylation is 2. The minimum Gasteiger partial charge on any atom is -0.481 e. The highest BCUT2D eigenvalue weighted by Crippen LogP contribution is 2.27. The van der Waals surface area contributed by atoms with Gasteiger partial charge < -0.3 is 20.2 Å². The Kier molecular flexibility index (Phi) is 7.10. The smallest absolute Gasteiger partial charge is 0.304 e. The number of ketones is 1. The molecular formula is C27H28N4O4. The van der Waals surface area contributed by atoms with Gasteiger partial charge in [0.05, 0.1) is 24.8 Å². The first kappa shape index (κ1) is 23.9. The first-order valence-electron chi connectivity index (χ1n) is 11.4. The van der Waals surface area contributed by atoms with Crippen LogP contribution in [0, 0.1) is 13.8 Å². The van der Waals surface area contributed by atoms with Crippen molar-refractivity contribution in [1.82, 2.24) is 9.97 Å². The number of fused-ring (bicyclic) bond motifs is 1. The number of Topliss-reactive ketones (excluding diaryl/α,β-unsaturated/α-hetero) is 1. The van der Waals surface area contributed by atoms with Crippen molar-refractivity contribution in [2.45, 2.75) is 39.5 Å². The van der Waals surface area contributed by atoms with Crippen molar-refractivity contribution in [1.29, 1.82) is 0 Å². The zero-order valence-electron chi connectivity index (χ0n) is 20.0. The lowest BCUT2D eigenvalue weighted by Gasteiger charge is -2.10. The average molecular weight is 473 g/mol. The number of nitrogens with one attached hydrogen (secondary N) is 2. The third-order valence-electron chi connectivity index (χ3n) is 5.83. The van der Waals surface area contributed by atoms with E-state index in [1.54, 1.807) is 18.3 Å². The molecule has 0 amide bonds. The van der Waals surface area contributed by atoms with Crippen LogP contribution in [0.1, 0.15) is 41.6 Å². The predicted molar refractivity (Wildman–Crippen MR) is 135 cm³/mol. The van der Waals surface area contributed by atoms with Gasteiger partial charge in [-0.3, -0.25) is 14.6 Å².